The number of hydrogen-bond acceptors (Lipinski definition) is 4. The monoisotopic (exact) mass is 430 g/mol. The summed E-state index contributed by atoms with van der Waals surface area (Å²) in [7, 11) is 0. The van der Waals surface area contributed by atoms with Crippen molar-refractivity contribution in [2.45, 2.75) is 12.8 Å². The Morgan fingerprint density at radius 1 is 1.03 bits per heavy atom. The lowest BCUT2D eigenvalue weighted by atomic mass is 10.0. The van der Waals surface area contributed by atoms with Gasteiger partial charge in [-0.15, -0.1) is 13.2 Å². The Bertz CT molecular complexity index is 1240. The van der Waals surface area contributed by atoms with Gasteiger partial charge in [-0.05, 0) is 41.0 Å². The number of amides is 1. The number of alkyl halides is 3. The summed E-state index contributed by atoms with van der Waals surface area (Å²) in [6, 6.07) is 13.3. The molecule has 0 atom stereocenters. The lowest BCUT2D eigenvalue weighted by molar-refractivity contribution is -0.274. The van der Waals surface area contributed by atoms with Gasteiger partial charge in [0, 0.05) is 12.3 Å². The minimum atomic E-state index is -4.92. The highest BCUT2D eigenvalue weighted by Crippen LogP contribution is 2.27. The van der Waals surface area contributed by atoms with Crippen molar-refractivity contribution in [1.82, 2.24) is 14.6 Å². The van der Waals surface area contributed by atoms with E-state index in [0.717, 1.165) is 29.3 Å². The summed E-state index contributed by atoms with van der Waals surface area (Å²) in [4.78, 5) is 16.4. The zero-order chi connectivity index (χ0) is 22.0. The number of fused-ring (bicyclic) bond motifs is 1. The summed E-state index contributed by atoms with van der Waals surface area (Å²) in [5.74, 6) is -2.08. The number of ether oxygens (including phenoxy) is 1. The van der Waals surface area contributed by atoms with Crippen molar-refractivity contribution in [2.75, 3.05) is 5.32 Å². The zero-order valence-electron chi connectivity index (χ0n) is 15.7. The first-order valence-corrected chi connectivity index (χ1v) is 9.01. The lowest BCUT2D eigenvalue weighted by Gasteiger charge is -2.12. The topological polar surface area (TPSA) is 68.5 Å². The van der Waals surface area contributed by atoms with E-state index in [1.54, 1.807) is 22.8 Å². The van der Waals surface area contributed by atoms with E-state index in [9.17, 15) is 22.4 Å². The molecule has 0 unspecified atom stereocenters. The van der Waals surface area contributed by atoms with Crippen molar-refractivity contribution < 1.29 is 27.1 Å². The molecule has 6 nitrogen and oxygen atoms in total. The lowest BCUT2D eigenvalue weighted by Crippen LogP contribution is -2.18. The minimum absolute atomic E-state index is 0.0900. The third kappa shape index (κ3) is 4.97. The van der Waals surface area contributed by atoms with Crippen LogP contribution in [0.4, 0.5) is 23.2 Å². The van der Waals surface area contributed by atoms with Gasteiger partial charge in [-0.3, -0.25) is 4.79 Å². The molecule has 0 aliphatic rings. The van der Waals surface area contributed by atoms with Crippen LogP contribution >= 0.6 is 0 Å². The second-order valence-corrected chi connectivity index (χ2v) is 6.59. The standard InChI is InChI=1S/C21H14F4N4O2/c22-17-6-5-16(31-21(23,24)25)11-18(17)28-20(30)9-13-1-3-14(4-2-13)15-7-8-29-19(10-15)26-12-27-29/h1-8,10-12H,9H2,(H,28,30). The molecule has 2 heterocycles. The van der Waals surface area contributed by atoms with Gasteiger partial charge in [-0.2, -0.15) is 5.10 Å². The molecule has 0 fully saturated rings. The maximum Gasteiger partial charge on any atom is 0.573 e. The van der Waals surface area contributed by atoms with Crippen LogP contribution in [0.15, 0.2) is 67.1 Å². The molecule has 31 heavy (non-hydrogen) atoms. The van der Waals surface area contributed by atoms with Crippen LogP contribution in [-0.4, -0.2) is 26.9 Å². The normalized spacial score (nSPS) is 11.5. The Morgan fingerprint density at radius 2 is 1.81 bits per heavy atom. The first-order valence-electron chi connectivity index (χ1n) is 9.01. The smallest absolute Gasteiger partial charge is 0.406 e. The Balaban J connectivity index is 1.43. The molecule has 0 aliphatic carbocycles. The van der Waals surface area contributed by atoms with E-state index in [0.29, 0.717) is 11.2 Å². The highest BCUT2D eigenvalue weighted by Gasteiger charge is 2.31. The molecule has 2 aromatic heterocycles. The Labute approximate surface area is 173 Å². The highest BCUT2D eigenvalue weighted by atomic mass is 19.4. The fourth-order valence-electron chi connectivity index (χ4n) is 2.99. The summed E-state index contributed by atoms with van der Waals surface area (Å²) in [6.07, 6.45) is -1.77. The first kappa shape index (κ1) is 20.3. The number of aromatic nitrogens is 3. The summed E-state index contributed by atoms with van der Waals surface area (Å²) in [5, 5.41) is 6.30. The van der Waals surface area contributed by atoms with E-state index in [-0.39, 0.29) is 6.42 Å². The van der Waals surface area contributed by atoms with Crippen molar-refractivity contribution in [3.63, 3.8) is 0 Å². The van der Waals surface area contributed by atoms with E-state index in [1.165, 1.54) is 6.33 Å². The van der Waals surface area contributed by atoms with Crippen molar-refractivity contribution in [3.8, 4) is 16.9 Å². The Kier molecular flexibility index (Phi) is 5.28. The van der Waals surface area contributed by atoms with Gasteiger partial charge in [-0.25, -0.2) is 13.9 Å². The molecule has 158 valence electrons. The number of carbonyl (C=O) groups is 1. The van der Waals surface area contributed by atoms with Gasteiger partial charge in [0.05, 0.1) is 12.1 Å². The van der Waals surface area contributed by atoms with Gasteiger partial charge < -0.3 is 10.1 Å². The molecule has 0 bridgehead atoms. The quantitative estimate of drug-likeness (QED) is 0.470. The molecule has 1 N–H and O–H groups in total. The number of hydrogen-bond donors (Lipinski definition) is 1. The molecule has 1 amide bonds. The van der Waals surface area contributed by atoms with E-state index in [4.69, 9.17) is 0 Å². The molecule has 0 saturated carbocycles. The fraction of sp³-hybridized carbons (Fsp3) is 0.0952. The number of rotatable bonds is 5. The molecule has 10 heteroatoms. The van der Waals surface area contributed by atoms with E-state index in [1.807, 2.05) is 24.3 Å². The molecular formula is C21H14F4N4O2. The molecule has 0 aliphatic heterocycles. The highest BCUT2D eigenvalue weighted by molar-refractivity contribution is 5.92. The van der Waals surface area contributed by atoms with Gasteiger partial charge in [-0.1, -0.05) is 24.3 Å². The average Bonchev–Trinajstić information content (AvgIpc) is 3.18. The maximum atomic E-state index is 13.9. The van der Waals surface area contributed by atoms with Crippen molar-refractivity contribution in [3.05, 3.63) is 78.5 Å². The number of benzene rings is 2. The van der Waals surface area contributed by atoms with Crippen LogP contribution in [0.3, 0.4) is 0 Å². The van der Waals surface area contributed by atoms with Crippen molar-refractivity contribution in [1.29, 1.82) is 0 Å². The maximum absolute atomic E-state index is 13.9. The van der Waals surface area contributed by atoms with Crippen LogP contribution in [0.2, 0.25) is 0 Å². The number of anilines is 1. The fourth-order valence-corrected chi connectivity index (χ4v) is 2.99. The molecule has 2 aromatic carbocycles. The zero-order valence-corrected chi connectivity index (χ0v) is 15.7. The summed E-state index contributed by atoms with van der Waals surface area (Å²) in [5.41, 5.74) is 2.76. The van der Waals surface area contributed by atoms with E-state index >= 15 is 0 Å². The van der Waals surface area contributed by atoms with Crippen LogP contribution in [0, 0.1) is 5.82 Å². The van der Waals surface area contributed by atoms with Gasteiger partial charge in [0.15, 0.2) is 5.65 Å². The SMILES string of the molecule is O=C(Cc1ccc(-c2ccn3ncnc3c2)cc1)Nc1cc(OC(F)(F)F)ccc1F. The van der Waals surface area contributed by atoms with Crippen LogP contribution < -0.4 is 10.1 Å². The summed E-state index contributed by atoms with van der Waals surface area (Å²) < 4.78 is 56.2. The van der Waals surface area contributed by atoms with Crippen LogP contribution in [0.25, 0.3) is 16.8 Å². The van der Waals surface area contributed by atoms with Gasteiger partial charge in [0.2, 0.25) is 5.91 Å². The van der Waals surface area contributed by atoms with Crippen LogP contribution in [-0.2, 0) is 11.2 Å². The van der Waals surface area contributed by atoms with E-state index < -0.39 is 29.5 Å². The predicted molar refractivity (Wildman–Crippen MR) is 104 cm³/mol. The van der Waals surface area contributed by atoms with Crippen molar-refractivity contribution >= 4 is 17.2 Å². The first-order chi connectivity index (χ1) is 14.8. The van der Waals surface area contributed by atoms with Gasteiger partial charge in [0.1, 0.15) is 17.9 Å². The minimum Gasteiger partial charge on any atom is -0.406 e. The molecule has 4 rings (SSSR count). The largest absolute Gasteiger partial charge is 0.573 e. The number of nitrogens with one attached hydrogen (secondary N) is 1. The van der Waals surface area contributed by atoms with E-state index in [2.05, 4.69) is 20.1 Å². The second-order valence-electron chi connectivity index (χ2n) is 6.59. The Hall–Kier alpha value is -3.95. The number of carbonyl (C=O) groups excluding carboxylic acids is 1. The summed E-state index contributed by atoms with van der Waals surface area (Å²) >= 11 is 0. The summed E-state index contributed by atoms with van der Waals surface area (Å²) in [6.45, 7) is 0. The third-order valence-electron chi connectivity index (χ3n) is 4.38. The average molecular weight is 430 g/mol. The second kappa shape index (κ2) is 8.05. The molecule has 0 radical (unpaired) electrons. The molecular weight excluding hydrogens is 416 g/mol. The number of nitrogens with zero attached hydrogens (tertiary/aromatic N) is 3. The number of halogens is 4. The Morgan fingerprint density at radius 3 is 2.55 bits per heavy atom. The van der Waals surface area contributed by atoms with Crippen LogP contribution in [0.5, 0.6) is 5.75 Å². The molecule has 0 spiro atoms. The van der Waals surface area contributed by atoms with Gasteiger partial charge >= 0.3 is 6.36 Å². The molecule has 0 saturated heterocycles. The van der Waals surface area contributed by atoms with Crippen LogP contribution in [0.1, 0.15) is 5.56 Å². The van der Waals surface area contributed by atoms with Crippen molar-refractivity contribution in [2.24, 2.45) is 0 Å². The predicted octanol–water partition coefficient (Wildman–Crippen LogP) is 4.62. The number of pyridine rings is 1. The third-order valence-corrected chi connectivity index (χ3v) is 4.38. The molecule has 4 aromatic rings. The van der Waals surface area contributed by atoms with Gasteiger partial charge in [0.25, 0.3) is 0 Å².